The largest absolute Gasteiger partial charge is 0.493 e. The Kier molecular flexibility index (Phi) is 2.82. The third-order valence-corrected chi connectivity index (χ3v) is 5.35. The summed E-state index contributed by atoms with van der Waals surface area (Å²) in [6.07, 6.45) is 5.08. The van der Waals surface area contributed by atoms with Crippen LogP contribution in [0.5, 0.6) is 5.75 Å². The van der Waals surface area contributed by atoms with Gasteiger partial charge in [0.05, 0.1) is 46.8 Å². The van der Waals surface area contributed by atoms with Crippen molar-refractivity contribution >= 4 is 54.4 Å². The van der Waals surface area contributed by atoms with Crippen LogP contribution in [0, 0.1) is 0 Å². The molecule has 0 saturated heterocycles. The molecule has 0 aliphatic rings. The Hall–Kier alpha value is -2.80. The molecule has 5 aromatic heterocycles. The van der Waals surface area contributed by atoms with Crippen molar-refractivity contribution in [1.29, 1.82) is 0 Å². The minimum Gasteiger partial charge on any atom is -0.493 e. The molecule has 0 aliphatic carbocycles. The van der Waals surface area contributed by atoms with Crippen LogP contribution >= 0.6 is 15.9 Å². The van der Waals surface area contributed by atoms with Crippen molar-refractivity contribution in [3.8, 4) is 5.75 Å². The molecule has 0 atom stereocenters. The molecule has 7 heteroatoms. The molecule has 0 amide bonds. The summed E-state index contributed by atoms with van der Waals surface area (Å²) in [7, 11) is 3.35. The van der Waals surface area contributed by atoms with Crippen molar-refractivity contribution in [2.24, 2.45) is 7.05 Å². The van der Waals surface area contributed by atoms with E-state index in [1.54, 1.807) is 37.4 Å². The summed E-state index contributed by atoms with van der Waals surface area (Å²) in [6, 6.07) is 5.70. The van der Waals surface area contributed by atoms with E-state index in [-0.39, 0.29) is 5.56 Å². The standard InChI is InChI=1S/C18H12BrN3O3/c1-21-15-13(19)17(24-2)11-8-20-7-10-6-9-4-3-5-25-16(9)12(18(21)23)14(15)22(10)11/h3-8H,1-2H3. The van der Waals surface area contributed by atoms with Gasteiger partial charge in [0.25, 0.3) is 5.56 Å². The number of aromatic nitrogens is 3. The van der Waals surface area contributed by atoms with Crippen LogP contribution in [0.2, 0.25) is 0 Å². The first-order valence-electron chi connectivity index (χ1n) is 7.64. The van der Waals surface area contributed by atoms with E-state index in [0.29, 0.717) is 21.2 Å². The molecule has 0 bridgehead atoms. The Balaban J connectivity index is 2.34. The number of fused-ring (bicyclic) bond motifs is 2. The maximum atomic E-state index is 13.1. The lowest BCUT2D eigenvalue weighted by atomic mass is 10.2. The molecule has 0 aromatic carbocycles. The number of hydrogen-bond acceptors (Lipinski definition) is 4. The molecule has 0 fully saturated rings. The number of halogens is 1. The molecule has 124 valence electrons. The van der Waals surface area contributed by atoms with E-state index < -0.39 is 0 Å². The number of nitrogens with zero attached hydrogens (tertiary/aromatic N) is 3. The van der Waals surface area contributed by atoms with Gasteiger partial charge in [-0.15, -0.1) is 0 Å². The predicted octanol–water partition coefficient (Wildman–Crippen LogP) is 3.86. The lowest BCUT2D eigenvalue weighted by molar-refractivity contribution is 0.416. The highest BCUT2D eigenvalue weighted by molar-refractivity contribution is 9.10. The van der Waals surface area contributed by atoms with E-state index >= 15 is 0 Å². The SMILES string of the molecule is COc1c(Br)c2c3c(c(=O)n2C)c2occcc2cc2cncc1n23. The van der Waals surface area contributed by atoms with E-state index in [4.69, 9.17) is 9.15 Å². The van der Waals surface area contributed by atoms with Gasteiger partial charge in [0.15, 0.2) is 5.75 Å². The molecule has 5 rings (SSSR count). The maximum absolute atomic E-state index is 13.1. The van der Waals surface area contributed by atoms with Crippen LogP contribution in [0.15, 0.2) is 50.5 Å². The molecule has 0 spiro atoms. The summed E-state index contributed by atoms with van der Waals surface area (Å²) in [5.41, 5.74) is 3.59. The number of pyridine rings is 1. The average Bonchev–Trinajstić information content (AvgIpc) is 2.79. The Morgan fingerprint density at radius 3 is 2.92 bits per heavy atom. The molecule has 5 aromatic rings. The van der Waals surface area contributed by atoms with Gasteiger partial charge < -0.3 is 18.1 Å². The number of methoxy groups -OCH3 is 1. The fourth-order valence-corrected chi connectivity index (χ4v) is 4.37. The van der Waals surface area contributed by atoms with Crippen LogP contribution in [0.3, 0.4) is 0 Å². The minimum atomic E-state index is -0.119. The molecule has 0 radical (unpaired) electrons. The first-order valence-corrected chi connectivity index (χ1v) is 8.43. The molecular weight excluding hydrogens is 386 g/mol. The quantitative estimate of drug-likeness (QED) is 0.430. The molecule has 5 heterocycles. The molecular formula is C18H12BrN3O3. The second-order valence-corrected chi connectivity index (χ2v) is 6.67. The maximum Gasteiger partial charge on any atom is 0.264 e. The average molecular weight is 398 g/mol. The van der Waals surface area contributed by atoms with Crippen LogP contribution in [0.4, 0.5) is 0 Å². The van der Waals surface area contributed by atoms with Gasteiger partial charge in [-0.3, -0.25) is 9.78 Å². The molecule has 6 nitrogen and oxygen atoms in total. The highest BCUT2D eigenvalue weighted by atomic mass is 79.9. The second-order valence-electron chi connectivity index (χ2n) is 5.88. The first-order chi connectivity index (χ1) is 12.1. The minimum absolute atomic E-state index is 0.119. The molecule has 0 saturated carbocycles. The van der Waals surface area contributed by atoms with Gasteiger partial charge in [-0.25, -0.2) is 0 Å². The zero-order valence-electron chi connectivity index (χ0n) is 13.4. The fourth-order valence-electron chi connectivity index (χ4n) is 3.56. The predicted molar refractivity (Wildman–Crippen MR) is 99.5 cm³/mol. The highest BCUT2D eigenvalue weighted by Crippen LogP contribution is 2.40. The van der Waals surface area contributed by atoms with Gasteiger partial charge in [0.1, 0.15) is 16.5 Å². The Bertz CT molecular complexity index is 1380. The lowest BCUT2D eigenvalue weighted by Gasteiger charge is -2.13. The van der Waals surface area contributed by atoms with Crippen LogP contribution in [0.25, 0.3) is 38.4 Å². The topological polar surface area (TPSA) is 61.7 Å². The van der Waals surface area contributed by atoms with Crippen molar-refractivity contribution in [3.05, 3.63) is 51.7 Å². The van der Waals surface area contributed by atoms with Gasteiger partial charge >= 0.3 is 0 Å². The zero-order valence-corrected chi connectivity index (χ0v) is 15.0. The van der Waals surface area contributed by atoms with E-state index in [1.807, 2.05) is 22.6 Å². The van der Waals surface area contributed by atoms with Crippen LogP contribution in [0.1, 0.15) is 0 Å². The van der Waals surface area contributed by atoms with Crippen molar-refractivity contribution in [1.82, 2.24) is 14.0 Å². The van der Waals surface area contributed by atoms with Gasteiger partial charge in [0.2, 0.25) is 0 Å². The van der Waals surface area contributed by atoms with Crippen LogP contribution in [-0.4, -0.2) is 21.1 Å². The van der Waals surface area contributed by atoms with E-state index in [1.165, 1.54) is 0 Å². The molecule has 0 unspecified atom stereocenters. The summed E-state index contributed by atoms with van der Waals surface area (Å²) in [4.78, 5) is 17.4. The second kappa shape index (κ2) is 4.86. The summed E-state index contributed by atoms with van der Waals surface area (Å²) < 4.78 is 15.7. The first kappa shape index (κ1) is 14.5. The Morgan fingerprint density at radius 1 is 1.28 bits per heavy atom. The third kappa shape index (κ3) is 1.68. The molecule has 0 N–H and O–H groups in total. The van der Waals surface area contributed by atoms with Gasteiger partial charge in [0, 0.05) is 12.4 Å². The van der Waals surface area contributed by atoms with Gasteiger partial charge in [-0.2, -0.15) is 0 Å². The van der Waals surface area contributed by atoms with Crippen molar-refractivity contribution < 1.29 is 9.15 Å². The normalized spacial score (nSPS) is 12.0. The van der Waals surface area contributed by atoms with Crippen molar-refractivity contribution in [3.63, 3.8) is 0 Å². The Labute approximate surface area is 149 Å². The number of rotatable bonds is 1. The number of ether oxygens (including phenoxy) is 1. The summed E-state index contributed by atoms with van der Waals surface area (Å²) >= 11 is 3.61. The van der Waals surface area contributed by atoms with E-state index in [0.717, 1.165) is 27.5 Å². The van der Waals surface area contributed by atoms with E-state index in [9.17, 15) is 4.79 Å². The molecule has 25 heavy (non-hydrogen) atoms. The monoisotopic (exact) mass is 397 g/mol. The lowest BCUT2D eigenvalue weighted by Crippen LogP contribution is -2.10. The van der Waals surface area contributed by atoms with Gasteiger partial charge in [-0.05, 0) is 34.1 Å². The highest BCUT2D eigenvalue weighted by Gasteiger charge is 2.23. The number of hydrogen-bond donors (Lipinski definition) is 0. The summed E-state index contributed by atoms with van der Waals surface area (Å²) in [6.45, 7) is 0. The van der Waals surface area contributed by atoms with Gasteiger partial charge in [-0.1, -0.05) is 0 Å². The molecule has 0 aliphatic heterocycles. The third-order valence-electron chi connectivity index (χ3n) is 4.62. The summed E-state index contributed by atoms with van der Waals surface area (Å²) in [5, 5.41) is 1.37. The van der Waals surface area contributed by atoms with Crippen molar-refractivity contribution in [2.45, 2.75) is 0 Å². The smallest absolute Gasteiger partial charge is 0.264 e. The van der Waals surface area contributed by atoms with Crippen LogP contribution in [-0.2, 0) is 7.05 Å². The fraction of sp³-hybridized carbons (Fsp3) is 0.111. The van der Waals surface area contributed by atoms with Crippen molar-refractivity contribution in [2.75, 3.05) is 7.11 Å². The van der Waals surface area contributed by atoms with Crippen LogP contribution < -0.4 is 10.3 Å². The number of aryl methyl sites for hydroxylation is 1. The Morgan fingerprint density at radius 2 is 2.12 bits per heavy atom. The zero-order chi connectivity index (χ0) is 17.3. The summed E-state index contributed by atoms with van der Waals surface area (Å²) in [5.74, 6) is 0.630. The van der Waals surface area contributed by atoms with E-state index in [2.05, 4.69) is 20.9 Å².